The van der Waals surface area contributed by atoms with Gasteiger partial charge in [0.15, 0.2) is 0 Å². The van der Waals surface area contributed by atoms with Crippen molar-refractivity contribution in [2.45, 2.75) is 51.1 Å². The molecule has 0 bridgehead atoms. The third-order valence-corrected chi connectivity index (χ3v) is 4.19. The number of halogens is 2. The Kier molecular flexibility index (Phi) is 5.84. The number of hydrogen-bond donors (Lipinski definition) is 0. The topological polar surface area (TPSA) is 20.3 Å². The van der Waals surface area contributed by atoms with Crippen molar-refractivity contribution in [3.05, 3.63) is 35.6 Å². The van der Waals surface area contributed by atoms with Crippen LogP contribution in [0.1, 0.15) is 44.1 Å². The molecular weight excluding hydrogens is 277 g/mol. The predicted octanol–water partition coefficient (Wildman–Crippen LogP) is 4.12. The van der Waals surface area contributed by atoms with E-state index in [-0.39, 0.29) is 23.6 Å². The van der Waals surface area contributed by atoms with Gasteiger partial charge < -0.3 is 4.90 Å². The van der Waals surface area contributed by atoms with Gasteiger partial charge in [0.05, 0.1) is 0 Å². The largest absolute Gasteiger partial charge is 0.334 e. The van der Waals surface area contributed by atoms with Gasteiger partial charge in [-0.25, -0.2) is 4.39 Å². The summed E-state index contributed by atoms with van der Waals surface area (Å²) in [5.41, 5.74) is 0.953. The van der Waals surface area contributed by atoms with Gasteiger partial charge in [-0.05, 0) is 30.5 Å². The molecule has 2 nitrogen and oxygen atoms in total. The lowest BCUT2D eigenvalue weighted by Gasteiger charge is -2.31. The van der Waals surface area contributed by atoms with E-state index in [2.05, 4.69) is 0 Å². The van der Waals surface area contributed by atoms with E-state index in [0.29, 0.717) is 6.54 Å². The Balaban J connectivity index is 2.10. The van der Waals surface area contributed by atoms with Gasteiger partial charge >= 0.3 is 0 Å². The van der Waals surface area contributed by atoms with Crippen LogP contribution < -0.4 is 0 Å². The molecule has 1 amide bonds. The molecule has 20 heavy (non-hydrogen) atoms. The lowest BCUT2D eigenvalue weighted by atomic mass is 10.1. The van der Waals surface area contributed by atoms with Crippen LogP contribution in [-0.2, 0) is 11.3 Å². The highest BCUT2D eigenvalue weighted by Crippen LogP contribution is 2.24. The van der Waals surface area contributed by atoms with Crippen LogP contribution in [0.2, 0.25) is 0 Å². The maximum Gasteiger partial charge on any atom is 0.238 e. The van der Waals surface area contributed by atoms with Gasteiger partial charge in [0, 0.05) is 12.6 Å². The van der Waals surface area contributed by atoms with Crippen molar-refractivity contribution in [3.8, 4) is 0 Å². The fourth-order valence-electron chi connectivity index (χ4n) is 2.85. The number of carbonyl (C=O) groups is 1. The van der Waals surface area contributed by atoms with Crippen LogP contribution in [0.3, 0.4) is 0 Å². The van der Waals surface area contributed by atoms with Gasteiger partial charge in [-0.2, -0.15) is 0 Å². The molecule has 0 aromatic heterocycles. The molecule has 4 heteroatoms. The van der Waals surface area contributed by atoms with Crippen molar-refractivity contribution in [2.75, 3.05) is 5.88 Å². The van der Waals surface area contributed by atoms with Crippen LogP contribution in [0.4, 0.5) is 4.39 Å². The number of hydrogen-bond acceptors (Lipinski definition) is 1. The van der Waals surface area contributed by atoms with Crippen LogP contribution in [0.15, 0.2) is 24.3 Å². The average Bonchev–Trinajstić information content (AvgIpc) is 2.75. The molecule has 1 aromatic carbocycles. The van der Waals surface area contributed by atoms with E-state index in [1.54, 1.807) is 12.1 Å². The summed E-state index contributed by atoms with van der Waals surface area (Å²) >= 11 is 5.75. The number of benzene rings is 1. The molecule has 1 aliphatic rings. The maximum atomic E-state index is 13.0. The Bertz CT molecular complexity index is 427. The summed E-state index contributed by atoms with van der Waals surface area (Å²) < 4.78 is 13.0. The molecule has 1 fully saturated rings. The highest BCUT2D eigenvalue weighted by atomic mass is 35.5. The molecule has 1 aliphatic carbocycles. The third kappa shape index (κ3) is 4.20. The summed E-state index contributed by atoms with van der Waals surface area (Å²) in [6.45, 7) is 0.524. The Hall–Kier alpha value is -1.09. The van der Waals surface area contributed by atoms with E-state index >= 15 is 0 Å². The molecule has 0 aliphatic heterocycles. The highest BCUT2D eigenvalue weighted by molar-refractivity contribution is 6.27. The second kappa shape index (κ2) is 7.63. The number of rotatable bonds is 4. The van der Waals surface area contributed by atoms with Crippen LogP contribution in [-0.4, -0.2) is 22.7 Å². The molecule has 0 atom stereocenters. The van der Waals surface area contributed by atoms with Crippen LogP contribution >= 0.6 is 11.6 Å². The Morgan fingerprint density at radius 3 is 2.30 bits per heavy atom. The molecule has 2 rings (SSSR count). The molecule has 0 heterocycles. The van der Waals surface area contributed by atoms with Gasteiger partial charge in [-0.3, -0.25) is 4.79 Å². The van der Waals surface area contributed by atoms with Crippen molar-refractivity contribution < 1.29 is 9.18 Å². The zero-order valence-electron chi connectivity index (χ0n) is 11.7. The minimum absolute atomic E-state index is 0.0116. The zero-order valence-corrected chi connectivity index (χ0v) is 12.4. The van der Waals surface area contributed by atoms with Crippen molar-refractivity contribution in [1.82, 2.24) is 4.90 Å². The Labute approximate surface area is 124 Å². The van der Waals surface area contributed by atoms with Crippen molar-refractivity contribution in [2.24, 2.45) is 0 Å². The Morgan fingerprint density at radius 2 is 1.75 bits per heavy atom. The quantitative estimate of drug-likeness (QED) is 0.605. The Morgan fingerprint density at radius 1 is 1.15 bits per heavy atom. The van der Waals surface area contributed by atoms with E-state index in [1.165, 1.54) is 37.8 Å². The third-order valence-electron chi connectivity index (χ3n) is 3.97. The standard InChI is InChI=1S/C16H21ClFNO/c17-11-16(20)19(15-5-3-1-2-4-6-15)12-13-7-9-14(18)10-8-13/h7-10,15H,1-6,11-12H2. The molecule has 0 N–H and O–H groups in total. The average molecular weight is 298 g/mol. The lowest BCUT2D eigenvalue weighted by Crippen LogP contribution is -2.40. The van der Waals surface area contributed by atoms with Crippen molar-refractivity contribution >= 4 is 17.5 Å². The molecule has 0 unspecified atom stereocenters. The summed E-state index contributed by atoms with van der Waals surface area (Å²) in [5, 5.41) is 0. The summed E-state index contributed by atoms with van der Waals surface area (Å²) in [6, 6.07) is 6.62. The SMILES string of the molecule is O=C(CCl)N(Cc1ccc(F)cc1)C1CCCCCC1. The molecule has 110 valence electrons. The molecule has 0 spiro atoms. The number of nitrogens with zero attached hydrogens (tertiary/aromatic N) is 1. The first-order valence-corrected chi connectivity index (χ1v) is 7.84. The van der Waals surface area contributed by atoms with E-state index in [4.69, 9.17) is 11.6 Å². The van der Waals surface area contributed by atoms with Crippen LogP contribution in [0.5, 0.6) is 0 Å². The van der Waals surface area contributed by atoms with Crippen LogP contribution in [0, 0.1) is 5.82 Å². The van der Waals surface area contributed by atoms with Gasteiger partial charge in [0.2, 0.25) is 5.91 Å². The van der Waals surface area contributed by atoms with E-state index in [0.717, 1.165) is 18.4 Å². The summed E-state index contributed by atoms with van der Waals surface area (Å²) in [7, 11) is 0. The smallest absolute Gasteiger partial charge is 0.238 e. The summed E-state index contributed by atoms with van der Waals surface area (Å²) in [4.78, 5) is 14.0. The minimum Gasteiger partial charge on any atom is -0.334 e. The molecule has 0 radical (unpaired) electrons. The first-order chi connectivity index (χ1) is 9.70. The first kappa shape index (κ1) is 15.3. The van der Waals surface area contributed by atoms with Crippen LogP contribution in [0.25, 0.3) is 0 Å². The number of carbonyl (C=O) groups excluding carboxylic acids is 1. The molecular formula is C16H21ClFNO. The second-order valence-electron chi connectivity index (χ2n) is 5.43. The fraction of sp³-hybridized carbons (Fsp3) is 0.562. The number of alkyl halides is 1. The monoisotopic (exact) mass is 297 g/mol. The summed E-state index contributed by atoms with van der Waals surface area (Å²) in [6.07, 6.45) is 6.92. The highest BCUT2D eigenvalue weighted by Gasteiger charge is 2.24. The van der Waals surface area contributed by atoms with Gasteiger partial charge in [0.25, 0.3) is 0 Å². The fourth-order valence-corrected chi connectivity index (χ4v) is 3.01. The van der Waals surface area contributed by atoms with Gasteiger partial charge in [-0.15, -0.1) is 11.6 Å². The van der Waals surface area contributed by atoms with E-state index in [9.17, 15) is 9.18 Å². The molecule has 0 saturated heterocycles. The first-order valence-electron chi connectivity index (χ1n) is 7.30. The van der Waals surface area contributed by atoms with Crippen molar-refractivity contribution in [1.29, 1.82) is 0 Å². The van der Waals surface area contributed by atoms with E-state index < -0.39 is 0 Å². The van der Waals surface area contributed by atoms with Gasteiger partial charge in [0.1, 0.15) is 11.7 Å². The van der Waals surface area contributed by atoms with Crippen molar-refractivity contribution in [3.63, 3.8) is 0 Å². The minimum atomic E-state index is -0.251. The summed E-state index contributed by atoms with van der Waals surface area (Å²) in [5.74, 6) is -0.265. The lowest BCUT2D eigenvalue weighted by molar-refractivity contribution is -0.131. The zero-order chi connectivity index (χ0) is 14.4. The normalized spacial score (nSPS) is 16.7. The molecule has 1 aromatic rings. The molecule has 1 saturated carbocycles. The predicted molar refractivity (Wildman–Crippen MR) is 79.2 cm³/mol. The number of amides is 1. The van der Waals surface area contributed by atoms with E-state index in [1.807, 2.05) is 4.90 Å². The van der Waals surface area contributed by atoms with Gasteiger partial charge in [-0.1, -0.05) is 37.8 Å². The second-order valence-corrected chi connectivity index (χ2v) is 5.69. The maximum absolute atomic E-state index is 13.0.